The maximum Gasteiger partial charge on any atom is 0.336 e. The maximum atomic E-state index is 12.6. The van der Waals surface area contributed by atoms with Gasteiger partial charge < -0.3 is 15.1 Å². The lowest BCUT2D eigenvalue weighted by molar-refractivity contribution is 0.0692. The summed E-state index contributed by atoms with van der Waals surface area (Å²) in [7, 11) is 1.89. The SMILES string of the molecule is CCCCC(O)CN(C)c1ccc(C(=O)c2ccccc2C(=O)O)cc1. The first-order chi connectivity index (χ1) is 12.4. The number of likely N-dealkylation sites (N-methyl/N-ethyl adjacent to an activating group) is 1. The highest BCUT2D eigenvalue weighted by Gasteiger charge is 2.17. The summed E-state index contributed by atoms with van der Waals surface area (Å²) in [5.74, 6) is -1.44. The van der Waals surface area contributed by atoms with Crippen LogP contribution in [0.5, 0.6) is 0 Å². The van der Waals surface area contributed by atoms with Gasteiger partial charge in [-0.1, -0.05) is 38.0 Å². The summed E-state index contributed by atoms with van der Waals surface area (Å²) in [6.45, 7) is 2.61. The van der Waals surface area contributed by atoms with E-state index < -0.39 is 5.97 Å². The van der Waals surface area contributed by atoms with Crippen LogP contribution in [-0.2, 0) is 0 Å². The van der Waals surface area contributed by atoms with Gasteiger partial charge in [0.15, 0.2) is 5.78 Å². The first-order valence-electron chi connectivity index (χ1n) is 8.80. The molecule has 2 aromatic rings. The third-order valence-corrected chi connectivity index (χ3v) is 4.35. The van der Waals surface area contributed by atoms with Crippen molar-refractivity contribution in [3.8, 4) is 0 Å². The van der Waals surface area contributed by atoms with Crippen molar-refractivity contribution >= 4 is 17.4 Å². The van der Waals surface area contributed by atoms with Crippen LogP contribution in [0, 0.1) is 0 Å². The maximum absolute atomic E-state index is 12.6. The molecule has 0 saturated carbocycles. The van der Waals surface area contributed by atoms with Crippen molar-refractivity contribution in [1.82, 2.24) is 0 Å². The zero-order valence-electron chi connectivity index (χ0n) is 15.2. The first-order valence-corrected chi connectivity index (χ1v) is 8.80. The number of carboxylic acid groups (broad SMARTS) is 1. The zero-order chi connectivity index (χ0) is 19.1. The highest BCUT2D eigenvalue weighted by Crippen LogP contribution is 2.19. The van der Waals surface area contributed by atoms with Crippen molar-refractivity contribution in [2.24, 2.45) is 0 Å². The van der Waals surface area contributed by atoms with E-state index in [0.717, 1.165) is 24.9 Å². The number of hydrogen-bond acceptors (Lipinski definition) is 4. The van der Waals surface area contributed by atoms with Crippen LogP contribution in [0.25, 0.3) is 0 Å². The largest absolute Gasteiger partial charge is 0.478 e. The van der Waals surface area contributed by atoms with Crippen molar-refractivity contribution in [1.29, 1.82) is 0 Å². The van der Waals surface area contributed by atoms with Gasteiger partial charge in [0.1, 0.15) is 0 Å². The number of unbranched alkanes of at least 4 members (excludes halogenated alkanes) is 1. The van der Waals surface area contributed by atoms with Crippen LogP contribution >= 0.6 is 0 Å². The Labute approximate surface area is 153 Å². The average Bonchev–Trinajstić information content (AvgIpc) is 2.65. The van der Waals surface area contributed by atoms with E-state index in [9.17, 15) is 19.8 Å². The third-order valence-electron chi connectivity index (χ3n) is 4.35. The Morgan fingerprint density at radius 1 is 1.04 bits per heavy atom. The Kier molecular flexibility index (Phi) is 6.92. The second-order valence-corrected chi connectivity index (χ2v) is 6.40. The van der Waals surface area contributed by atoms with E-state index in [1.54, 1.807) is 24.3 Å². The topological polar surface area (TPSA) is 77.8 Å². The molecule has 138 valence electrons. The van der Waals surface area contributed by atoms with E-state index >= 15 is 0 Å². The quantitative estimate of drug-likeness (QED) is 0.672. The van der Waals surface area contributed by atoms with Gasteiger partial charge in [-0.05, 0) is 36.8 Å². The van der Waals surface area contributed by atoms with Crippen molar-refractivity contribution in [2.75, 3.05) is 18.5 Å². The molecule has 0 spiro atoms. The molecule has 0 radical (unpaired) electrons. The molecular formula is C21H25NO4. The molecule has 2 rings (SSSR count). The van der Waals surface area contributed by atoms with Crippen LogP contribution in [-0.4, -0.2) is 41.7 Å². The predicted octanol–water partition coefficient (Wildman–Crippen LogP) is 3.60. The number of carboxylic acids is 1. The molecule has 0 saturated heterocycles. The standard InChI is InChI=1S/C21H25NO4/c1-3-4-7-17(23)14-22(2)16-12-10-15(11-13-16)20(24)18-8-5-6-9-19(18)21(25)26/h5-6,8-13,17,23H,3-4,7,14H2,1-2H3,(H,25,26). The number of hydrogen-bond donors (Lipinski definition) is 2. The van der Waals surface area contributed by atoms with E-state index in [1.165, 1.54) is 12.1 Å². The number of benzene rings is 2. The highest BCUT2D eigenvalue weighted by atomic mass is 16.4. The van der Waals surface area contributed by atoms with Crippen molar-refractivity contribution in [3.63, 3.8) is 0 Å². The van der Waals surface area contributed by atoms with Crippen molar-refractivity contribution < 1.29 is 19.8 Å². The van der Waals surface area contributed by atoms with Crippen LogP contribution in [0.3, 0.4) is 0 Å². The molecule has 0 aliphatic heterocycles. The molecule has 2 aromatic carbocycles. The molecule has 0 aliphatic rings. The molecule has 0 amide bonds. The fourth-order valence-electron chi connectivity index (χ4n) is 2.84. The summed E-state index contributed by atoms with van der Waals surface area (Å²) in [5, 5.41) is 19.3. The third kappa shape index (κ3) is 4.92. The van der Waals surface area contributed by atoms with E-state index in [1.807, 2.05) is 24.1 Å². The minimum Gasteiger partial charge on any atom is -0.478 e. The summed E-state index contributed by atoms with van der Waals surface area (Å²) < 4.78 is 0. The molecule has 5 heteroatoms. The molecule has 2 N–H and O–H groups in total. The van der Waals surface area contributed by atoms with Crippen LogP contribution in [0.4, 0.5) is 5.69 Å². The summed E-state index contributed by atoms with van der Waals surface area (Å²) in [6, 6.07) is 13.2. The summed E-state index contributed by atoms with van der Waals surface area (Å²) in [5.41, 5.74) is 1.50. The summed E-state index contributed by atoms with van der Waals surface area (Å²) in [4.78, 5) is 25.9. The van der Waals surface area contributed by atoms with Crippen LogP contribution in [0.15, 0.2) is 48.5 Å². The van der Waals surface area contributed by atoms with Crippen LogP contribution in [0.2, 0.25) is 0 Å². The smallest absolute Gasteiger partial charge is 0.336 e. The van der Waals surface area contributed by atoms with Crippen molar-refractivity contribution in [3.05, 3.63) is 65.2 Å². The number of carbonyl (C=O) groups is 2. The number of aliphatic hydroxyl groups is 1. The summed E-state index contributed by atoms with van der Waals surface area (Å²) >= 11 is 0. The lowest BCUT2D eigenvalue weighted by atomic mass is 9.98. The first kappa shape index (κ1) is 19.7. The van der Waals surface area contributed by atoms with Gasteiger partial charge in [-0.2, -0.15) is 0 Å². The molecule has 5 nitrogen and oxygen atoms in total. The van der Waals surface area contributed by atoms with E-state index in [0.29, 0.717) is 12.1 Å². The van der Waals surface area contributed by atoms with Gasteiger partial charge in [0.25, 0.3) is 0 Å². The molecule has 0 aliphatic carbocycles. The van der Waals surface area contributed by atoms with Gasteiger partial charge in [-0.25, -0.2) is 4.79 Å². The Balaban J connectivity index is 2.12. The van der Waals surface area contributed by atoms with Crippen LogP contribution in [0.1, 0.15) is 52.5 Å². The average molecular weight is 355 g/mol. The Morgan fingerprint density at radius 3 is 2.23 bits per heavy atom. The molecule has 26 heavy (non-hydrogen) atoms. The predicted molar refractivity (Wildman–Crippen MR) is 102 cm³/mol. The van der Waals surface area contributed by atoms with Gasteiger partial charge in [-0.3, -0.25) is 4.79 Å². The minimum atomic E-state index is -1.12. The highest BCUT2D eigenvalue weighted by molar-refractivity contribution is 6.14. The number of nitrogens with zero attached hydrogens (tertiary/aromatic N) is 1. The Hall–Kier alpha value is -2.66. The van der Waals surface area contributed by atoms with Gasteiger partial charge in [-0.15, -0.1) is 0 Å². The molecule has 0 heterocycles. The zero-order valence-corrected chi connectivity index (χ0v) is 15.2. The summed E-state index contributed by atoms with van der Waals surface area (Å²) in [6.07, 6.45) is 2.42. The molecule has 1 atom stereocenters. The van der Waals surface area contributed by atoms with Crippen LogP contribution < -0.4 is 4.90 Å². The Bertz CT molecular complexity index is 755. The fourth-order valence-corrected chi connectivity index (χ4v) is 2.84. The second kappa shape index (κ2) is 9.15. The lowest BCUT2D eigenvalue weighted by Gasteiger charge is -2.23. The monoisotopic (exact) mass is 355 g/mol. The van der Waals surface area contributed by atoms with Gasteiger partial charge in [0.2, 0.25) is 0 Å². The molecule has 1 unspecified atom stereocenters. The Morgan fingerprint density at radius 2 is 1.65 bits per heavy atom. The van der Waals surface area contributed by atoms with E-state index in [2.05, 4.69) is 6.92 Å². The molecular weight excluding hydrogens is 330 g/mol. The normalized spacial score (nSPS) is 11.8. The van der Waals surface area contributed by atoms with E-state index in [4.69, 9.17) is 0 Å². The van der Waals surface area contributed by atoms with Gasteiger partial charge in [0.05, 0.1) is 11.7 Å². The molecule has 0 bridgehead atoms. The number of aromatic carboxylic acids is 1. The lowest BCUT2D eigenvalue weighted by Crippen LogP contribution is -2.28. The van der Waals surface area contributed by atoms with Crippen molar-refractivity contribution in [2.45, 2.75) is 32.3 Å². The number of aliphatic hydroxyl groups excluding tert-OH is 1. The fraction of sp³-hybridized carbons (Fsp3) is 0.333. The number of anilines is 1. The number of carbonyl (C=O) groups excluding carboxylic acids is 1. The molecule has 0 fully saturated rings. The van der Waals surface area contributed by atoms with Gasteiger partial charge in [0, 0.05) is 30.4 Å². The van der Waals surface area contributed by atoms with Gasteiger partial charge >= 0.3 is 5.97 Å². The van der Waals surface area contributed by atoms with E-state index in [-0.39, 0.29) is 23.0 Å². The number of ketones is 1. The number of rotatable bonds is 9. The molecule has 0 aromatic heterocycles. The minimum absolute atomic E-state index is 0.00209. The second-order valence-electron chi connectivity index (χ2n) is 6.40.